The average molecular weight is 205 g/mol. The highest BCUT2D eigenvalue weighted by Crippen LogP contribution is 2.28. The van der Waals surface area contributed by atoms with E-state index in [0.29, 0.717) is 12.0 Å². The minimum absolute atomic E-state index is 0.391. The zero-order chi connectivity index (χ0) is 10.7. The lowest BCUT2D eigenvalue weighted by Crippen LogP contribution is -2.28. The fraction of sp³-hybridized carbons (Fsp3) is 0.538. The molecule has 0 heterocycles. The molecular weight excluding hydrogens is 186 g/mol. The van der Waals surface area contributed by atoms with Crippen LogP contribution in [0.25, 0.3) is 0 Å². The van der Waals surface area contributed by atoms with Gasteiger partial charge in [-0.25, -0.2) is 0 Å². The molecular formula is C13H19NO. The van der Waals surface area contributed by atoms with E-state index < -0.39 is 0 Å². The van der Waals surface area contributed by atoms with Crippen molar-refractivity contribution in [3.8, 4) is 5.75 Å². The molecule has 0 unspecified atom stereocenters. The molecule has 2 nitrogen and oxygen atoms in total. The molecule has 0 amide bonds. The third-order valence-electron chi connectivity index (χ3n) is 3.20. The third-order valence-corrected chi connectivity index (χ3v) is 3.20. The standard InChI is InChI=1S/C13H19NO/c1-10-4-2-3-5-13(10)15-12-8-6-11(14)7-9-12/h6-10,13H,2-5,14H2,1H3/t10-,13-/m0/s1. The summed E-state index contributed by atoms with van der Waals surface area (Å²) in [5, 5.41) is 0. The van der Waals surface area contributed by atoms with Crippen molar-refractivity contribution < 1.29 is 4.74 Å². The second-order valence-corrected chi connectivity index (χ2v) is 4.49. The minimum Gasteiger partial charge on any atom is -0.490 e. The minimum atomic E-state index is 0.391. The molecule has 0 saturated heterocycles. The highest BCUT2D eigenvalue weighted by molar-refractivity contribution is 5.41. The number of nitrogens with two attached hydrogens (primary N) is 1. The van der Waals surface area contributed by atoms with E-state index in [1.54, 1.807) is 0 Å². The number of benzene rings is 1. The Morgan fingerprint density at radius 2 is 1.80 bits per heavy atom. The van der Waals surface area contributed by atoms with Crippen LogP contribution in [0.5, 0.6) is 5.75 Å². The number of rotatable bonds is 2. The highest BCUT2D eigenvalue weighted by Gasteiger charge is 2.22. The molecule has 0 spiro atoms. The summed E-state index contributed by atoms with van der Waals surface area (Å²) in [5.41, 5.74) is 6.42. The lowest BCUT2D eigenvalue weighted by atomic mass is 9.88. The van der Waals surface area contributed by atoms with Gasteiger partial charge in [0.15, 0.2) is 0 Å². The first kappa shape index (κ1) is 10.3. The van der Waals surface area contributed by atoms with E-state index in [2.05, 4.69) is 6.92 Å². The molecule has 2 heteroatoms. The first-order valence-electron chi connectivity index (χ1n) is 5.78. The van der Waals surface area contributed by atoms with Gasteiger partial charge in [-0.15, -0.1) is 0 Å². The Balaban J connectivity index is 1.98. The largest absolute Gasteiger partial charge is 0.490 e. The van der Waals surface area contributed by atoms with Gasteiger partial charge in [-0.2, -0.15) is 0 Å². The van der Waals surface area contributed by atoms with Gasteiger partial charge in [0, 0.05) is 5.69 Å². The molecule has 1 fully saturated rings. The van der Waals surface area contributed by atoms with Crippen LogP contribution in [0.15, 0.2) is 24.3 Å². The Hall–Kier alpha value is -1.18. The van der Waals surface area contributed by atoms with Gasteiger partial charge in [-0.1, -0.05) is 13.3 Å². The monoisotopic (exact) mass is 205 g/mol. The van der Waals surface area contributed by atoms with Gasteiger partial charge in [0.05, 0.1) is 0 Å². The number of nitrogen functional groups attached to an aromatic ring is 1. The number of ether oxygens (including phenoxy) is 1. The van der Waals surface area contributed by atoms with Gasteiger partial charge < -0.3 is 10.5 Å². The molecule has 82 valence electrons. The molecule has 0 radical (unpaired) electrons. The molecule has 0 aromatic heterocycles. The quantitative estimate of drug-likeness (QED) is 0.752. The molecule has 15 heavy (non-hydrogen) atoms. The first-order chi connectivity index (χ1) is 7.25. The number of hydrogen-bond acceptors (Lipinski definition) is 2. The van der Waals surface area contributed by atoms with Crippen LogP contribution >= 0.6 is 0 Å². The maximum Gasteiger partial charge on any atom is 0.119 e. The zero-order valence-electron chi connectivity index (χ0n) is 9.28. The molecule has 1 aliphatic rings. The summed E-state index contributed by atoms with van der Waals surface area (Å²) in [4.78, 5) is 0. The van der Waals surface area contributed by atoms with Crippen molar-refractivity contribution in [2.24, 2.45) is 5.92 Å². The summed E-state index contributed by atoms with van der Waals surface area (Å²) in [6.45, 7) is 2.28. The number of hydrogen-bond donors (Lipinski definition) is 1. The van der Waals surface area contributed by atoms with Gasteiger partial charge in [-0.05, 0) is 49.4 Å². The smallest absolute Gasteiger partial charge is 0.119 e. The average Bonchev–Trinajstić information content (AvgIpc) is 2.25. The highest BCUT2D eigenvalue weighted by atomic mass is 16.5. The maximum absolute atomic E-state index is 5.97. The molecule has 0 bridgehead atoms. The van der Waals surface area contributed by atoms with Gasteiger partial charge in [0.1, 0.15) is 11.9 Å². The van der Waals surface area contributed by atoms with Crippen LogP contribution in [0.3, 0.4) is 0 Å². The summed E-state index contributed by atoms with van der Waals surface area (Å²) in [7, 11) is 0. The van der Waals surface area contributed by atoms with E-state index in [0.717, 1.165) is 11.4 Å². The predicted molar refractivity (Wildman–Crippen MR) is 62.9 cm³/mol. The lowest BCUT2D eigenvalue weighted by molar-refractivity contribution is 0.102. The summed E-state index contributed by atoms with van der Waals surface area (Å²) < 4.78 is 5.97. The maximum atomic E-state index is 5.97. The molecule has 2 N–H and O–H groups in total. The van der Waals surface area contributed by atoms with E-state index in [1.165, 1.54) is 25.7 Å². The van der Waals surface area contributed by atoms with Crippen molar-refractivity contribution in [1.82, 2.24) is 0 Å². The molecule has 1 aromatic carbocycles. The molecule has 2 rings (SSSR count). The van der Waals surface area contributed by atoms with Crippen LogP contribution in [0.2, 0.25) is 0 Å². The topological polar surface area (TPSA) is 35.2 Å². The SMILES string of the molecule is C[C@H]1CCCC[C@@H]1Oc1ccc(N)cc1. The second kappa shape index (κ2) is 4.56. The fourth-order valence-electron chi connectivity index (χ4n) is 2.18. The Morgan fingerprint density at radius 3 is 2.47 bits per heavy atom. The third kappa shape index (κ3) is 2.65. The second-order valence-electron chi connectivity index (χ2n) is 4.49. The van der Waals surface area contributed by atoms with Gasteiger partial charge in [-0.3, -0.25) is 0 Å². The van der Waals surface area contributed by atoms with Crippen molar-refractivity contribution in [1.29, 1.82) is 0 Å². The van der Waals surface area contributed by atoms with Crippen molar-refractivity contribution in [3.05, 3.63) is 24.3 Å². The van der Waals surface area contributed by atoms with Crippen LogP contribution in [-0.4, -0.2) is 6.10 Å². The zero-order valence-corrected chi connectivity index (χ0v) is 9.28. The van der Waals surface area contributed by atoms with E-state index in [4.69, 9.17) is 10.5 Å². The van der Waals surface area contributed by atoms with Crippen LogP contribution < -0.4 is 10.5 Å². The van der Waals surface area contributed by atoms with E-state index in [1.807, 2.05) is 24.3 Å². The van der Waals surface area contributed by atoms with Gasteiger partial charge in [0.25, 0.3) is 0 Å². The van der Waals surface area contributed by atoms with Crippen LogP contribution in [0.4, 0.5) is 5.69 Å². The predicted octanol–water partition coefficient (Wildman–Crippen LogP) is 3.23. The molecule has 1 aromatic rings. The Bertz CT molecular complexity index is 307. The molecule has 2 atom stereocenters. The van der Waals surface area contributed by atoms with Crippen LogP contribution in [0, 0.1) is 5.92 Å². The lowest BCUT2D eigenvalue weighted by Gasteiger charge is -2.29. The van der Waals surface area contributed by atoms with Crippen LogP contribution in [-0.2, 0) is 0 Å². The summed E-state index contributed by atoms with van der Waals surface area (Å²) in [5.74, 6) is 1.62. The molecule has 1 aliphatic carbocycles. The van der Waals surface area contributed by atoms with Crippen LogP contribution in [0.1, 0.15) is 32.6 Å². The summed E-state index contributed by atoms with van der Waals surface area (Å²) >= 11 is 0. The van der Waals surface area contributed by atoms with Crippen molar-refractivity contribution in [2.45, 2.75) is 38.7 Å². The van der Waals surface area contributed by atoms with Crippen molar-refractivity contribution >= 4 is 5.69 Å². The van der Waals surface area contributed by atoms with E-state index in [9.17, 15) is 0 Å². The summed E-state index contributed by atoms with van der Waals surface area (Å²) in [6, 6.07) is 7.69. The molecule has 1 saturated carbocycles. The Labute approximate surface area is 91.4 Å². The fourth-order valence-corrected chi connectivity index (χ4v) is 2.18. The van der Waals surface area contributed by atoms with E-state index >= 15 is 0 Å². The first-order valence-corrected chi connectivity index (χ1v) is 5.78. The van der Waals surface area contributed by atoms with Crippen molar-refractivity contribution in [3.63, 3.8) is 0 Å². The van der Waals surface area contributed by atoms with Gasteiger partial charge >= 0.3 is 0 Å². The Kier molecular flexibility index (Phi) is 3.14. The molecule has 0 aliphatic heterocycles. The van der Waals surface area contributed by atoms with E-state index in [-0.39, 0.29) is 0 Å². The summed E-state index contributed by atoms with van der Waals surface area (Å²) in [6.07, 6.45) is 5.51. The Morgan fingerprint density at radius 1 is 1.13 bits per heavy atom. The van der Waals surface area contributed by atoms with Crippen molar-refractivity contribution in [2.75, 3.05) is 5.73 Å². The van der Waals surface area contributed by atoms with Gasteiger partial charge in [0.2, 0.25) is 0 Å². The number of anilines is 1. The normalized spacial score (nSPS) is 26.2.